The van der Waals surface area contributed by atoms with E-state index < -0.39 is 0 Å². The number of benzene rings is 1. The van der Waals surface area contributed by atoms with E-state index in [0.29, 0.717) is 5.56 Å². The SMILES string of the molecule is CCOCCCC(N)c1ccc(C)c(F)c1. The first-order valence-electron chi connectivity index (χ1n) is 5.74. The van der Waals surface area contributed by atoms with E-state index in [-0.39, 0.29) is 11.9 Å². The molecule has 0 aliphatic heterocycles. The summed E-state index contributed by atoms with van der Waals surface area (Å²) in [6.07, 6.45) is 1.73. The highest BCUT2D eigenvalue weighted by molar-refractivity contribution is 5.25. The van der Waals surface area contributed by atoms with Crippen LogP contribution in [0.3, 0.4) is 0 Å². The second kappa shape index (κ2) is 6.61. The molecular weight excluding hydrogens is 205 g/mol. The van der Waals surface area contributed by atoms with Crippen molar-refractivity contribution in [1.82, 2.24) is 0 Å². The molecule has 16 heavy (non-hydrogen) atoms. The van der Waals surface area contributed by atoms with Crippen LogP contribution in [0.2, 0.25) is 0 Å². The number of nitrogens with two attached hydrogens (primary N) is 1. The number of hydrogen-bond donors (Lipinski definition) is 1. The molecule has 3 heteroatoms. The number of aryl methyl sites for hydroxylation is 1. The lowest BCUT2D eigenvalue weighted by molar-refractivity contribution is 0.142. The van der Waals surface area contributed by atoms with Crippen LogP contribution in [0.25, 0.3) is 0 Å². The summed E-state index contributed by atoms with van der Waals surface area (Å²) in [5.41, 5.74) is 7.49. The zero-order chi connectivity index (χ0) is 12.0. The molecule has 0 saturated carbocycles. The van der Waals surface area contributed by atoms with Gasteiger partial charge >= 0.3 is 0 Å². The van der Waals surface area contributed by atoms with Crippen LogP contribution in [-0.4, -0.2) is 13.2 Å². The molecular formula is C13H20FNO. The number of hydrogen-bond acceptors (Lipinski definition) is 2. The quantitative estimate of drug-likeness (QED) is 0.755. The molecule has 0 aliphatic rings. The zero-order valence-corrected chi connectivity index (χ0v) is 10.0. The molecule has 0 aromatic heterocycles. The third-order valence-electron chi connectivity index (χ3n) is 2.63. The Morgan fingerprint density at radius 3 is 2.81 bits per heavy atom. The fourth-order valence-electron chi connectivity index (χ4n) is 1.56. The molecule has 0 saturated heterocycles. The first kappa shape index (κ1) is 13.1. The van der Waals surface area contributed by atoms with Crippen molar-refractivity contribution in [2.75, 3.05) is 13.2 Å². The standard InChI is InChI=1S/C13H20FNO/c1-3-16-8-4-5-13(15)11-7-6-10(2)12(14)9-11/h6-7,9,13H,3-5,8,15H2,1-2H3. The van der Waals surface area contributed by atoms with Crippen LogP contribution in [0.5, 0.6) is 0 Å². The van der Waals surface area contributed by atoms with Gasteiger partial charge < -0.3 is 10.5 Å². The first-order chi connectivity index (χ1) is 7.65. The second-order valence-electron chi connectivity index (χ2n) is 3.95. The van der Waals surface area contributed by atoms with E-state index in [9.17, 15) is 4.39 Å². The van der Waals surface area contributed by atoms with Crippen LogP contribution in [-0.2, 0) is 4.74 Å². The predicted molar refractivity (Wildman–Crippen MR) is 63.8 cm³/mol. The molecule has 0 amide bonds. The number of ether oxygens (including phenoxy) is 1. The Morgan fingerprint density at radius 1 is 1.44 bits per heavy atom. The minimum atomic E-state index is -0.183. The van der Waals surface area contributed by atoms with Crippen molar-refractivity contribution in [1.29, 1.82) is 0 Å². The smallest absolute Gasteiger partial charge is 0.126 e. The molecule has 1 aromatic rings. The van der Waals surface area contributed by atoms with E-state index in [2.05, 4.69) is 0 Å². The molecule has 90 valence electrons. The van der Waals surface area contributed by atoms with Gasteiger partial charge in [0, 0.05) is 19.3 Å². The summed E-state index contributed by atoms with van der Waals surface area (Å²) >= 11 is 0. The van der Waals surface area contributed by atoms with Crippen LogP contribution in [0.1, 0.15) is 36.9 Å². The van der Waals surface area contributed by atoms with Gasteiger partial charge in [0.05, 0.1) is 0 Å². The van der Waals surface area contributed by atoms with Crippen LogP contribution >= 0.6 is 0 Å². The van der Waals surface area contributed by atoms with Gasteiger partial charge in [-0.2, -0.15) is 0 Å². The lowest BCUT2D eigenvalue weighted by atomic mass is 10.0. The van der Waals surface area contributed by atoms with Gasteiger partial charge in [-0.05, 0) is 43.9 Å². The minimum absolute atomic E-state index is 0.101. The Morgan fingerprint density at radius 2 is 2.19 bits per heavy atom. The molecule has 1 atom stereocenters. The van der Waals surface area contributed by atoms with Gasteiger partial charge in [-0.15, -0.1) is 0 Å². The van der Waals surface area contributed by atoms with Crippen molar-refractivity contribution in [3.63, 3.8) is 0 Å². The van der Waals surface area contributed by atoms with E-state index in [0.717, 1.165) is 31.6 Å². The maximum atomic E-state index is 13.3. The maximum Gasteiger partial charge on any atom is 0.126 e. The first-order valence-corrected chi connectivity index (χ1v) is 5.74. The molecule has 1 aromatic carbocycles. The molecule has 0 radical (unpaired) electrons. The molecule has 1 unspecified atom stereocenters. The Kier molecular flexibility index (Phi) is 5.43. The Labute approximate surface area is 96.6 Å². The normalized spacial score (nSPS) is 12.8. The Balaban J connectivity index is 2.46. The summed E-state index contributed by atoms with van der Waals surface area (Å²) in [5, 5.41) is 0. The third kappa shape index (κ3) is 3.91. The van der Waals surface area contributed by atoms with Crippen LogP contribution in [0.4, 0.5) is 4.39 Å². The number of halogens is 1. The van der Waals surface area contributed by atoms with Crippen molar-refractivity contribution in [3.8, 4) is 0 Å². The number of rotatable bonds is 6. The molecule has 0 heterocycles. The van der Waals surface area contributed by atoms with Gasteiger partial charge in [0.15, 0.2) is 0 Å². The summed E-state index contributed by atoms with van der Waals surface area (Å²) in [6, 6.07) is 5.09. The second-order valence-corrected chi connectivity index (χ2v) is 3.95. The van der Waals surface area contributed by atoms with E-state index in [1.807, 2.05) is 13.0 Å². The van der Waals surface area contributed by atoms with Crippen LogP contribution < -0.4 is 5.73 Å². The van der Waals surface area contributed by atoms with Gasteiger partial charge in [-0.3, -0.25) is 0 Å². The van der Waals surface area contributed by atoms with Crippen molar-refractivity contribution in [3.05, 3.63) is 35.1 Å². The minimum Gasteiger partial charge on any atom is -0.382 e. The van der Waals surface area contributed by atoms with Gasteiger partial charge in [0.2, 0.25) is 0 Å². The fourth-order valence-corrected chi connectivity index (χ4v) is 1.56. The van der Waals surface area contributed by atoms with E-state index in [1.54, 1.807) is 13.0 Å². The molecule has 2 nitrogen and oxygen atoms in total. The lowest BCUT2D eigenvalue weighted by Crippen LogP contribution is -2.11. The average molecular weight is 225 g/mol. The third-order valence-corrected chi connectivity index (χ3v) is 2.63. The highest BCUT2D eigenvalue weighted by atomic mass is 19.1. The van der Waals surface area contributed by atoms with Crippen molar-refractivity contribution < 1.29 is 9.13 Å². The van der Waals surface area contributed by atoms with Crippen molar-refractivity contribution >= 4 is 0 Å². The zero-order valence-electron chi connectivity index (χ0n) is 10.0. The van der Waals surface area contributed by atoms with E-state index in [4.69, 9.17) is 10.5 Å². The van der Waals surface area contributed by atoms with Crippen LogP contribution in [0, 0.1) is 12.7 Å². The molecule has 2 N–H and O–H groups in total. The highest BCUT2D eigenvalue weighted by Gasteiger charge is 2.07. The molecule has 0 aliphatic carbocycles. The predicted octanol–water partition coefficient (Wildman–Crippen LogP) is 2.95. The van der Waals surface area contributed by atoms with Crippen molar-refractivity contribution in [2.45, 2.75) is 32.7 Å². The van der Waals surface area contributed by atoms with Gasteiger partial charge in [-0.1, -0.05) is 12.1 Å². The van der Waals surface area contributed by atoms with Gasteiger partial charge in [-0.25, -0.2) is 4.39 Å². The van der Waals surface area contributed by atoms with Gasteiger partial charge in [0.1, 0.15) is 5.82 Å². The average Bonchev–Trinajstić information content (AvgIpc) is 2.28. The molecule has 1 rings (SSSR count). The summed E-state index contributed by atoms with van der Waals surface area (Å²) in [6.45, 7) is 5.17. The summed E-state index contributed by atoms with van der Waals surface area (Å²) in [4.78, 5) is 0. The highest BCUT2D eigenvalue weighted by Crippen LogP contribution is 2.18. The maximum absolute atomic E-state index is 13.3. The Bertz CT molecular complexity index is 328. The Hall–Kier alpha value is -0.930. The van der Waals surface area contributed by atoms with Gasteiger partial charge in [0.25, 0.3) is 0 Å². The lowest BCUT2D eigenvalue weighted by Gasteiger charge is -2.12. The monoisotopic (exact) mass is 225 g/mol. The molecule has 0 spiro atoms. The van der Waals surface area contributed by atoms with Crippen molar-refractivity contribution in [2.24, 2.45) is 5.73 Å². The van der Waals surface area contributed by atoms with Crippen LogP contribution in [0.15, 0.2) is 18.2 Å². The summed E-state index contributed by atoms with van der Waals surface area (Å²) in [5.74, 6) is -0.183. The van der Waals surface area contributed by atoms with E-state index >= 15 is 0 Å². The van der Waals surface area contributed by atoms with E-state index in [1.165, 1.54) is 6.07 Å². The largest absolute Gasteiger partial charge is 0.382 e. The molecule has 0 fully saturated rings. The molecule has 0 bridgehead atoms. The summed E-state index contributed by atoms with van der Waals surface area (Å²) in [7, 11) is 0. The fraction of sp³-hybridized carbons (Fsp3) is 0.538. The summed E-state index contributed by atoms with van der Waals surface area (Å²) < 4.78 is 18.5. The topological polar surface area (TPSA) is 35.2 Å².